The number of hydrogen-bond donors (Lipinski definition) is 1. The first-order chi connectivity index (χ1) is 18.1. The number of hydrogen-bond acceptors (Lipinski definition) is 4. The molecule has 0 saturated carbocycles. The molecule has 0 aliphatic carbocycles. The number of aliphatic imine (C=N–C) groups is 1. The fraction of sp³-hybridized carbons (Fsp3) is 0.0345. The first kappa shape index (κ1) is 25.0. The van der Waals surface area contributed by atoms with Gasteiger partial charge in [-0.05, 0) is 78.7 Å². The van der Waals surface area contributed by atoms with E-state index in [0.717, 1.165) is 27.5 Å². The summed E-state index contributed by atoms with van der Waals surface area (Å²) < 4.78 is 11.2. The van der Waals surface area contributed by atoms with Crippen LogP contribution in [0, 0.1) is 0 Å². The van der Waals surface area contributed by atoms with E-state index in [1.54, 1.807) is 0 Å². The molecule has 0 unspecified atom stereocenters. The van der Waals surface area contributed by atoms with Gasteiger partial charge in [-0.1, -0.05) is 71.7 Å². The van der Waals surface area contributed by atoms with Gasteiger partial charge >= 0.3 is 6.02 Å². The van der Waals surface area contributed by atoms with E-state index >= 15 is 0 Å². The lowest BCUT2D eigenvalue weighted by molar-refractivity contribution is 0.531. The fourth-order valence-electron chi connectivity index (χ4n) is 3.54. The standard InChI is InChI=1S/C29H22Cl2N4OS/c30-22-13-11-21(12-14-22)28-19-24(33-35(28)25-17-15-23(31)16-18-25)20-32-29(36-26-7-3-1-4-8-26)34-37-27-9-5-2-6-10-27/h1-19H,20H2,(H,32,34). The lowest BCUT2D eigenvalue weighted by Gasteiger charge is -2.10. The summed E-state index contributed by atoms with van der Waals surface area (Å²) in [7, 11) is 0. The van der Waals surface area contributed by atoms with Crippen molar-refractivity contribution < 1.29 is 4.74 Å². The number of amidine groups is 1. The highest BCUT2D eigenvalue weighted by molar-refractivity contribution is 7.98. The average molecular weight is 545 g/mol. The third-order valence-corrected chi connectivity index (χ3v) is 6.60. The van der Waals surface area contributed by atoms with Crippen LogP contribution in [0.4, 0.5) is 0 Å². The molecule has 0 bridgehead atoms. The summed E-state index contributed by atoms with van der Waals surface area (Å²) in [4.78, 5) is 5.76. The minimum Gasteiger partial charge on any atom is -0.426 e. The van der Waals surface area contributed by atoms with Crippen molar-refractivity contribution in [1.82, 2.24) is 14.5 Å². The van der Waals surface area contributed by atoms with Gasteiger partial charge in [-0.2, -0.15) is 5.10 Å². The maximum atomic E-state index is 6.13. The second-order valence-corrected chi connectivity index (χ2v) is 9.72. The molecule has 1 heterocycles. The zero-order valence-electron chi connectivity index (χ0n) is 19.6. The lowest BCUT2D eigenvalue weighted by atomic mass is 10.1. The van der Waals surface area contributed by atoms with Crippen LogP contribution in [0.25, 0.3) is 16.9 Å². The maximum Gasteiger partial charge on any atom is 0.301 e. The van der Waals surface area contributed by atoms with Crippen molar-refractivity contribution in [2.45, 2.75) is 11.4 Å². The van der Waals surface area contributed by atoms with Gasteiger partial charge in [0.1, 0.15) is 5.75 Å². The topological polar surface area (TPSA) is 51.4 Å². The zero-order valence-corrected chi connectivity index (χ0v) is 21.9. The normalized spacial score (nSPS) is 11.4. The first-order valence-electron chi connectivity index (χ1n) is 11.5. The van der Waals surface area contributed by atoms with Crippen molar-refractivity contribution in [2.24, 2.45) is 4.99 Å². The van der Waals surface area contributed by atoms with Crippen molar-refractivity contribution in [2.75, 3.05) is 0 Å². The second-order valence-electron chi connectivity index (χ2n) is 7.97. The van der Waals surface area contributed by atoms with Crippen LogP contribution in [0.3, 0.4) is 0 Å². The number of aromatic nitrogens is 2. The molecule has 1 N–H and O–H groups in total. The smallest absolute Gasteiger partial charge is 0.301 e. The van der Waals surface area contributed by atoms with Crippen molar-refractivity contribution in [3.8, 4) is 22.7 Å². The van der Waals surface area contributed by atoms with Crippen molar-refractivity contribution >= 4 is 41.2 Å². The van der Waals surface area contributed by atoms with Gasteiger partial charge < -0.3 is 4.74 Å². The van der Waals surface area contributed by atoms with Gasteiger partial charge in [-0.15, -0.1) is 0 Å². The molecule has 0 spiro atoms. The molecule has 1 aromatic heterocycles. The number of nitrogens with one attached hydrogen (secondary N) is 1. The molecule has 5 rings (SSSR count). The van der Waals surface area contributed by atoms with Crippen LogP contribution in [0.15, 0.2) is 125 Å². The van der Waals surface area contributed by atoms with E-state index in [1.807, 2.05) is 120 Å². The quantitative estimate of drug-likeness (QED) is 0.128. The monoisotopic (exact) mass is 544 g/mol. The van der Waals surface area contributed by atoms with Crippen LogP contribution in [0.5, 0.6) is 5.75 Å². The summed E-state index contributed by atoms with van der Waals surface area (Å²) in [6.07, 6.45) is 0. The molecular weight excluding hydrogens is 523 g/mol. The van der Waals surface area contributed by atoms with E-state index < -0.39 is 0 Å². The Morgan fingerprint density at radius 3 is 2.11 bits per heavy atom. The van der Waals surface area contributed by atoms with E-state index in [9.17, 15) is 0 Å². The summed E-state index contributed by atoms with van der Waals surface area (Å²) >= 11 is 13.7. The summed E-state index contributed by atoms with van der Waals surface area (Å²) in [5.41, 5.74) is 3.57. The Bertz CT molecular complexity index is 1410. The maximum absolute atomic E-state index is 6.13. The number of para-hydroxylation sites is 1. The summed E-state index contributed by atoms with van der Waals surface area (Å²) in [6.45, 7) is 0.311. The highest BCUT2D eigenvalue weighted by Crippen LogP contribution is 2.27. The predicted octanol–water partition coefficient (Wildman–Crippen LogP) is 8.08. The summed E-state index contributed by atoms with van der Waals surface area (Å²) in [6, 6.07) is 37.2. The second kappa shape index (κ2) is 12.0. The Morgan fingerprint density at radius 2 is 1.43 bits per heavy atom. The third kappa shape index (κ3) is 6.74. The largest absolute Gasteiger partial charge is 0.426 e. The molecule has 0 aliphatic heterocycles. The molecule has 4 aromatic carbocycles. The van der Waals surface area contributed by atoms with E-state index in [4.69, 9.17) is 38.0 Å². The molecule has 0 radical (unpaired) electrons. The Labute approximate surface area is 229 Å². The van der Waals surface area contributed by atoms with Gasteiger partial charge in [0.05, 0.1) is 23.6 Å². The highest BCUT2D eigenvalue weighted by atomic mass is 35.5. The molecule has 0 fully saturated rings. The van der Waals surface area contributed by atoms with Gasteiger partial charge in [-0.3, -0.25) is 4.72 Å². The SMILES string of the molecule is Clc1ccc(-c2cc(CN=C(NSc3ccccc3)Oc3ccccc3)nn2-c2ccc(Cl)cc2)cc1. The fourth-order valence-corrected chi connectivity index (χ4v) is 4.40. The van der Waals surface area contributed by atoms with Crippen LogP contribution in [0.2, 0.25) is 10.0 Å². The molecule has 0 aliphatic rings. The predicted molar refractivity (Wildman–Crippen MR) is 153 cm³/mol. The van der Waals surface area contributed by atoms with Gasteiger partial charge in [0.15, 0.2) is 0 Å². The van der Waals surface area contributed by atoms with Crippen LogP contribution in [-0.2, 0) is 6.54 Å². The number of nitrogens with zero attached hydrogens (tertiary/aromatic N) is 3. The van der Waals surface area contributed by atoms with Crippen LogP contribution < -0.4 is 9.46 Å². The number of halogens is 2. The molecule has 5 nitrogen and oxygen atoms in total. The highest BCUT2D eigenvalue weighted by Gasteiger charge is 2.13. The van der Waals surface area contributed by atoms with Gasteiger partial charge in [-0.25, -0.2) is 9.67 Å². The van der Waals surface area contributed by atoms with Crippen LogP contribution in [0.1, 0.15) is 5.69 Å². The van der Waals surface area contributed by atoms with Crippen molar-refractivity contribution in [3.05, 3.63) is 131 Å². The summed E-state index contributed by atoms with van der Waals surface area (Å²) in [5.74, 6) is 0.691. The van der Waals surface area contributed by atoms with Crippen LogP contribution >= 0.6 is 35.1 Å². The summed E-state index contributed by atoms with van der Waals surface area (Å²) in [5, 5.41) is 6.19. The van der Waals surface area contributed by atoms with Crippen LogP contribution in [-0.4, -0.2) is 15.8 Å². The average Bonchev–Trinajstić information content (AvgIpc) is 3.36. The van der Waals surface area contributed by atoms with E-state index in [-0.39, 0.29) is 0 Å². The minimum absolute atomic E-state index is 0.311. The Balaban J connectivity index is 1.44. The number of ether oxygens (including phenoxy) is 1. The van der Waals surface area contributed by atoms with Crippen molar-refractivity contribution in [3.63, 3.8) is 0 Å². The Morgan fingerprint density at radius 1 is 0.811 bits per heavy atom. The van der Waals surface area contributed by atoms with E-state index in [1.165, 1.54) is 11.9 Å². The molecule has 184 valence electrons. The number of benzene rings is 4. The lowest BCUT2D eigenvalue weighted by Crippen LogP contribution is -2.23. The molecule has 0 atom stereocenters. The zero-order chi connectivity index (χ0) is 25.5. The Kier molecular flexibility index (Phi) is 8.11. The third-order valence-electron chi connectivity index (χ3n) is 5.31. The molecular formula is C29H22Cl2N4OS. The molecule has 0 saturated heterocycles. The molecule has 0 amide bonds. The van der Waals surface area contributed by atoms with E-state index in [0.29, 0.717) is 28.4 Å². The van der Waals surface area contributed by atoms with Gasteiger partial charge in [0, 0.05) is 20.5 Å². The number of rotatable bonds is 7. The van der Waals surface area contributed by atoms with E-state index in [2.05, 4.69) is 4.72 Å². The first-order valence-corrected chi connectivity index (χ1v) is 13.1. The van der Waals surface area contributed by atoms with Crippen molar-refractivity contribution in [1.29, 1.82) is 0 Å². The Hall–Kier alpha value is -3.71. The molecule has 8 heteroatoms. The minimum atomic E-state index is 0.311. The van der Waals surface area contributed by atoms with Gasteiger partial charge in [0.2, 0.25) is 0 Å². The van der Waals surface area contributed by atoms with Gasteiger partial charge in [0.25, 0.3) is 0 Å². The molecule has 37 heavy (non-hydrogen) atoms. The molecule has 5 aromatic rings.